The second-order valence-corrected chi connectivity index (χ2v) is 5.47. The van der Waals surface area contributed by atoms with Crippen LogP contribution in [0.3, 0.4) is 0 Å². The molecule has 90 valence electrons. The number of nitrogens with two attached hydrogens (primary N) is 1. The van der Waals surface area contributed by atoms with Crippen molar-refractivity contribution in [1.29, 1.82) is 0 Å². The van der Waals surface area contributed by atoms with Crippen LogP contribution in [-0.4, -0.2) is 0 Å². The third-order valence-electron chi connectivity index (χ3n) is 2.98. The predicted molar refractivity (Wildman–Crippen MR) is 70.7 cm³/mol. The second-order valence-electron chi connectivity index (χ2n) is 4.69. The molecule has 2 rings (SSSR count). The van der Waals surface area contributed by atoms with Crippen LogP contribution in [0.4, 0.5) is 4.39 Å². The molecular weight excluding hydrogens is 233 g/mol. The van der Waals surface area contributed by atoms with Crippen molar-refractivity contribution in [3.8, 4) is 0 Å². The topological polar surface area (TPSA) is 26.0 Å². The zero-order chi connectivity index (χ0) is 12.5. The standard InChI is InChI=1S/C14H16FNS/c1-10-3-4-12(7-13(10)15)14(2,16)8-11-5-6-17-9-11/h3-7,9H,8,16H2,1-2H3. The third-order valence-corrected chi connectivity index (χ3v) is 3.71. The van der Waals surface area contributed by atoms with Crippen LogP contribution in [0.25, 0.3) is 0 Å². The van der Waals surface area contributed by atoms with E-state index in [2.05, 4.69) is 11.4 Å². The van der Waals surface area contributed by atoms with Crippen molar-refractivity contribution < 1.29 is 4.39 Å². The first-order valence-electron chi connectivity index (χ1n) is 5.55. The van der Waals surface area contributed by atoms with E-state index in [1.165, 1.54) is 5.56 Å². The Hall–Kier alpha value is -1.19. The minimum Gasteiger partial charge on any atom is -0.321 e. The average molecular weight is 249 g/mol. The summed E-state index contributed by atoms with van der Waals surface area (Å²) in [6, 6.07) is 7.29. The summed E-state index contributed by atoms with van der Waals surface area (Å²) in [6.07, 6.45) is 0.721. The number of thiophene rings is 1. The Morgan fingerprint density at radius 2 is 2.12 bits per heavy atom. The molecule has 0 bridgehead atoms. The van der Waals surface area contributed by atoms with Crippen molar-refractivity contribution in [3.63, 3.8) is 0 Å². The molecule has 0 saturated carbocycles. The first-order chi connectivity index (χ1) is 7.99. The fourth-order valence-electron chi connectivity index (χ4n) is 1.87. The minimum absolute atomic E-state index is 0.190. The first kappa shape index (κ1) is 12.3. The Bertz CT molecular complexity index is 503. The number of benzene rings is 1. The van der Waals surface area contributed by atoms with Crippen molar-refractivity contribution in [3.05, 3.63) is 57.5 Å². The minimum atomic E-state index is -0.532. The van der Waals surface area contributed by atoms with Gasteiger partial charge in [-0.1, -0.05) is 12.1 Å². The molecule has 1 nitrogen and oxygen atoms in total. The van der Waals surface area contributed by atoms with Crippen LogP contribution in [0.5, 0.6) is 0 Å². The van der Waals surface area contributed by atoms with Gasteiger partial charge in [0, 0.05) is 5.54 Å². The van der Waals surface area contributed by atoms with Gasteiger partial charge in [0.05, 0.1) is 0 Å². The molecule has 3 heteroatoms. The summed E-state index contributed by atoms with van der Waals surface area (Å²) < 4.78 is 13.5. The molecular formula is C14H16FNS. The van der Waals surface area contributed by atoms with Crippen molar-refractivity contribution >= 4 is 11.3 Å². The summed E-state index contributed by atoms with van der Waals surface area (Å²) >= 11 is 1.65. The Morgan fingerprint density at radius 3 is 2.71 bits per heavy atom. The van der Waals surface area contributed by atoms with E-state index in [0.717, 1.165) is 12.0 Å². The van der Waals surface area contributed by atoms with E-state index in [1.807, 2.05) is 18.4 Å². The monoisotopic (exact) mass is 249 g/mol. The number of halogens is 1. The molecule has 0 spiro atoms. The maximum Gasteiger partial charge on any atom is 0.126 e. The molecule has 1 atom stereocenters. The maximum absolute atomic E-state index is 13.5. The van der Waals surface area contributed by atoms with Crippen molar-refractivity contribution in [2.45, 2.75) is 25.8 Å². The van der Waals surface area contributed by atoms with Gasteiger partial charge >= 0.3 is 0 Å². The van der Waals surface area contributed by atoms with E-state index < -0.39 is 5.54 Å². The molecule has 2 aromatic rings. The molecule has 0 aliphatic carbocycles. The molecule has 1 unspecified atom stereocenters. The highest BCUT2D eigenvalue weighted by Gasteiger charge is 2.22. The summed E-state index contributed by atoms with van der Waals surface area (Å²) in [6.45, 7) is 3.70. The molecule has 0 aliphatic rings. The molecule has 1 heterocycles. The lowest BCUT2D eigenvalue weighted by Crippen LogP contribution is -2.35. The molecule has 0 radical (unpaired) electrons. The van der Waals surface area contributed by atoms with Gasteiger partial charge in [-0.3, -0.25) is 0 Å². The van der Waals surface area contributed by atoms with E-state index in [9.17, 15) is 4.39 Å². The summed E-state index contributed by atoms with van der Waals surface area (Å²) in [5.41, 5.74) is 8.44. The zero-order valence-corrected chi connectivity index (χ0v) is 10.9. The van der Waals surface area contributed by atoms with Gasteiger partial charge in [-0.15, -0.1) is 0 Å². The van der Waals surface area contributed by atoms with E-state index in [0.29, 0.717) is 5.56 Å². The van der Waals surface area contributed by atoms with E-state index in [4.69, 9.17) is 5.73 Å². The normalized spacial score (nSPS) is 14.6. The second kappa shape index (κ2) is 4.59. The molecule has 2 N–H and O–H groups in total. The lowest BCUT2D eigenvalue weighted by atomic mass is 9.87. The number of hydrogen-bond donors (Lipinski definition) is 1. The average Bonchev–Trinajstić information content (AvgIpc) is 2.73. The number of rotatable bonds is 3. The molecule has 0 saturated heterocycles. The van der Waals surface area contributed by atoms with Crippen LogP contribution >= 0.6 is 11.3 Å². The van der Waals surface area contributed by atoms with Crippen molar-refractivity contribution in [1.82, 2.24) is 0 Å². The zero-order valence-electron chi connectivity index (χ0n) is 10.0. The lowest BCUT2D eigenvalue weighted by molar-refractivity contribution is 0.486. The predicted octanol–water partition coefficient (Wildman–Crippen LogP) is 3.61. The van der Waals surface area contributed by atoms with E-state index in [1.54, 1.807) is 30.4 Å². The largest absolute Gasteiger partial charge is 0.321 e. The Balaban J connectivity index is 2.27. The molecule has 0 amide bonds. The lowest BCUT2D eigenvalue weighted by Gasteiger charge is -2.25. The molecule has 1 aromatic carbocycles. The molecule has 0 aliphatic heterocycles. The van der Waals surface area contributed by atoms with Gasteiger partial charge < -0.3 is 5.73 Å². The highest BCUT2D eigenvalue weighted by molar-refractivity contribution is 7.07. The van der Waals surface area contributed by atoms with Crippen LogP contribution < -0.4 is 5.73 Å². The SMILES string of the molecule is Cc1ccc(C(C)(N)Cc2ccsc2)cc1F. The fourth-order valence-corrected chi connectivity index (χ4v) is 2.54. The van der Waals surface area contributed by atoms with Gasteiger partial charge in [0.2, 0.25) is 0 Å². The Labute approximate surface area is 105 Å². The quantitative estimate of drug-likeness (QED) is 0.883. The van der Waals surface area contributed by atoms with Crippen molar-refractivity contribution in [2.75, 3.05) is 0 Å². The van der Waals surface area contributed by atoms with Crippen LogP contribution in [0.2, 0.25) is 0 Å². The van der Waals surface area contributed by atoms with Gasteiger partial charge in [-0.05, 0) is 59.9 Å². The van der Waals surface area contributed by atoms with Gasteiger partial charge in [0.25, 0.3) is 0 Å². The fraction of sp³-hybridized carbons (Fsp3) is 0.286. The van der Waals surface area contributed by atoms with Crippen LogP contribution in [0, 0.1) is 12.7 Å². The summed E-state index contributed by atoms with van der Waals surface area (Å²) in [4.78, 5) is 0. The summed E-state index contributed by atoms with van der Waals surface area (Å²) in [7, 11) is 0. The highest BCUT2D eigenvalue weighted by Crippen LogP contribution is 2.25. The number of aryl methyl sites for hydroxylation is 1. The van der Waals surface area contributed by atoms with Gasteiger partial charge in [0.1, 0.15) is 5.82 Å². The summed E-state index contributed by atoms with van der Waals surface area (Å²) in [5, 5.41) is 4.11. The first-order valence-corrected chi connectivity index (χ1v) is 6.50. The van der Waals surface area contributed by atoms with Crippen LogP contribution in [0.1, 0.15) is 23.6 Å². The van der Waals surface area contributed by atoms with E-state index >= 15 is 0 Å². The Morgan fingerprint density at radius 1 is 1.35 bits per heavy atom. The maximum atomic E-state index is 13.5. The summed E-state index contributed by atoms with van der Waals surface area (Å²) in [5.74, 6) is -0.190. The van der Waals surface area contributed by atoms with Crippen LogP contribution in [-0.2, 0) is 12.0 Å². The van der Waals surface area contributed by atoms with Gasteiger partial charge in [-0.2, -0.15) is 11.3 Å². The molecule has 0 fully saturated rings. The van der Waals surface area contributed by atoms with Crippen LogP contribution in [0.15, 0.2) is 35.0 Å². The van der Waals surface area contributed by atoms with Gasteiger partial charge in [-0.25, -0.2) is 4.39 Å². The smallest absolute Gasteiger partial charge is 0.126 e. The Kier molecular flexibility index (Phi) is 3.31. The van der Waals surface area contributed by atoms with Crippen molar-refractivity contribution in [2.24, 2.45) is 5.73 Å². The number of hydrogen-bond acceptors (Lipinski definition) is 2. The highest BCUT2D eigenvalue weighted by atomic mass is 32.1. The molecule has 17 heavy (non-hydrogen) atoms. The van der Waals surface area contributed by atoms with Gasteiger partial charge in [0.15, 0.2) is 0 Å². The molecule has 1 aromatic heterocycles. The third kappa shape index (κ3) is 2.73. The van der Waals surface area contributed by atoms with E-state index in [-0.39, 0.29) is 5.82 Å².